The number of carbonyl (C=O) groups is 1. The lowest BCUT2D eigenvalue weighted by Crippen LogP contribution is -2.48. The second kappa shape index (κ2) is 5.33. The van der Waals surface area contributed by atoms with Crippen molar-refractivity contribution in [2.75, 3.05) is 12.4 Å². The van der Waals surface area contributed by atoms with E-state index < -0.39 is 11.4 Å². The maximum atomic E-state index is 13.8. The Bertz CT molecular complexity index is 610. The largest absolute Gasteiger partial charge is 0.322 e. The molecule has 20 heavy (non-hydrogen) atoms. The molecule has 2 rings (SSSR count). The first-order chi connectivity index (χ1) is 9.44. The number of aromatic nitrogens is 4. The molecule has 0 spiro atoms. The van der Waals surface area contributed by atoms with E-state index in [1.54, 1.807) is 20.9 Å². The van der Waals surface area contributed by atoms with Crippen molar-refractivity contribution in [3.63, 3.8) is 0 Å². The normalized spacial score (nSPS) is 11.4. The van der Waals surface area contributed by atoms with E-state index in [0.29, 0.717) is 5.69 Å². The van der Waals surface area contributed by atoms with Crippen LogP contribution >= 0.6 is 0 Å². The van der Waals surface area contributed by atoms with Crippen molar-refractivity contribution in [1.82, 2.24) is 25.5 Å². The van der Waals surface area contributed by atoms with Crippen LogP contribution in [-0.4, -0.2) is 38.7 Å². The zero-order valence-electron chi connectivity index (χ0n) is 11.4. The highest BCUT2D eigenvalue weighted by Gasteiger charge is 2.26. The van der Waals surface area contributed by atoms with Gasteiger partial charge in [-0.15, -0.1) is 5.10 Å². The van der Waals surface area contributed by atoms with Crippen LogP contribution in [0.25, 0.3) is 5.69 Å². The van der Waals surface area contributed by atoms with Crippen LogP contribution in [0.2, 0.25) is 0 Å². The number of anilines is 1. The van der Waals surface area contributed by atoms with Gasteiger partial charge in [-0.05, 0) is 49.5 Å². The Morgan fingerprint density at radius 2 is 2.15 bits per heavy atom. The minimum absolute atomic E-state index is 0.0753. The summed E-state index contributed by atoms with van der Waals surface area (Å²) in [5, 5.41) is 16.1. The maximum Gasteiger partial charge on any atom is 0.244 e. The van der Waals surface area contributed by atoms with Crippen LogP contribution < -0.4 is 10.6 Å². The van der Waals surface area contributed by atoms with Gasteiger partial charge in [0.05, 0.1) is 16.9 Å². The first-order valence-electron chi connectivity index (χ1n) is 5.97. The van der Waals surface area contributed by atoms with Crippen LogP contribution in [0, 0.1) is 5.82 Å². The van der Waals surface area contributed by atoms with Crippen LogP contribution in [0.3, 0.4) is 0 Å². The van der Waals surface area contributed by atoms with Crippen LogP contribution in [0.5, 0.6) is 0 Å². The first-order valence-corrected chi connectivity index (χ1v) is 5.97. The monoisotopic (exact) mass is 278 g/mol. The molecule has 0 atom stereocenters. The fourth-order valence-corrected chi connectivity index (χ4v) is 1.42. The lowest BCUT2D eigenvalue weighted by Gasteiger charge is -2.23. The van der Waals surface area contributed by atoms with Gasteiger partial charge in [0.25, 0.3) is 0 Å². The highest BCUT2D eigenvalue weighted by molar-refractivity contribution is 5.97. The topological polar surface area (TPSA) is 84.7 Å². The van der Waals surface area contributed by atoms with Gasteiger partial charge >= 0.3 is 0 Å². The number of nitrogens with one attached hydrogen (secondary N) is 2. The molecule has 0 aliphatic carbocycles. The molecule has 8 heteroatoms. The Morgan fingerprint density at radius 1 is 1.40 bits per heavy atom. The molecule has 0 saturated heterocycles. The number of likely N-dealkylation sites (N-methyl/N-ethyl adjacent to an activating group) is 1. The number of amides is 1. The molecule has 7 nitrogen and oxygen atoms in total. The average Bonchev–Trinajstić information content (AvgIpc) is 2.95. The molecule has 106 valence electrons. The van der Waals surface area contributed by atoms with Crippen molar-refractivity contribution in [3.05, 3.63) is 30.3 Å². The molecule has 0 saturated carbocycles. The van der Waals surface area contributed by atoms with Gasteiger partial charge in [0.2, 0.25) is 5.91 Å². The van der Waals surface area contributed by atoms with Gasteiger partial charge in [0.1, 0.15) is 12.1 Å². The Morgan fingerprint density at radius 3 is 2.75 bits per heavy atom. The van der Waals surface area contributed by atoms with E-state index in [0.717, 1.165) is 0 Å². The molecule has 1 aromatic carbocycles. The van der Waals surface area contributed by atoms with Crippen LogP contribution in [0.4, 0.5) is 10.1 Å². The summed E-state index contributed by atoms with van der Waals surface area (Å²) in [6.07, 6.45) is 1.39. The van der Waals surface area contributed by atoms with Crippen molar-refractivity contribution in [2.45, 2.75) is 19.4 Å². The summed E-state index contributed by atoms with van der Waals surface area (Å²) >= 11 is 0. The van der Waals surface area contributed by atoms with Crippen molar-refractivity contribution in [1.29, 1.82) is 0 Å². The van der Waals surface area contributed by atoms with Crippen molar-refractivity contribution >= 4 is 11.6 Å². The van der Waals surface area contributed by atoms with E-state index in [4.69, 9.17) is 0 Å². The zero-order valence-corrected chi connectivity index (χ0v) is 11.4. The number of nitrogens with zero attached hydrogens (tertiary/aromatic N) is 4. The Kier molecular flexibility index (Phi) is 3.75. The van der Waals surface area contributed by atoms with Gasteiger partial charge < -0.3 is 10.6 Å². The zero-order chi connectivity index (χ0) is 14.8. The summed E-state index contributed by atoms with van der Waals surface area (Å²) in [5.74, 6) is -0.866. The van der Waals surface area contributed by atoms with Crippen molar-refractivity contribution < 1.29 is 9.18 Å². The van der Waals surface area contributed by atoms with E-state index in [1.807, 2.05) is 0 Å². The first kappa shape index (κ1) is 14.1. The van der Waals surface area contributed by atoms with E-state index >= 15 is 0 Å². The quantitative estimate of drug-likeness (QED) is 0.861. The van der Waals surface area contributed by atoms with Gasteiger partial charge in [-0.25, -0.2) is 9.07 Å². The predicted octanol–water partition coefficient (Wildman–Crippen LogP) is 0.738. The van der Waals surface area contributed by atoms with Gasteiger partial charge in [0, 0.05) is 0 Å². The third-order valence-corrected chi connectivity index (χ3v) is 3.00. The third kappa shape index (κ3) is 2.80. The second-order valence-corrected chi connectivity index (χ2v) is 4.75. The molecule has 1 aromatic heterocycles. The summed E-state index contributed by atoms with van der Waals surface area (Å²) < 4.78 is 15.1. The summed E-state index contributed by atoms with van der Waals surface area (Å²) in [6, 6.07) is 4.24. The fourth-order valence-electron chi connectivity index (χ4n) is 1.42. The third-order valence-electron chi connectivity index (χ3n) is 3.00. The molecule has 1 heterocycles. The van der Waals surface area contributed by atoms with Gasteiger partial charge in [-0.3, -0.25) is 4.79 Å². The lowest BCUT2D eigenvalue weighted by atomic mass is 10.1. The summed E-state index contributed by atoms with van der Waals surface area (Å²) in [4.78, 5) is 12.0. The predicted molar refractivity (Wildman–Crippen MR) is 70.9 cm³/mol. The standard InChI is InChI=1S/C12H15FN6O/c1-12(2,14-3)11(20)16-10-6-8(4-5-9(10)13)19-7-15-17-18-19/h4-7,14H,1-3H3,(H,16,20). The number of hydrogen-bond acceptors (Lipinski definition) is 5. The number of hydrogen-bond donors (Lipinski definition) is 2. The molecule has 2 aromatic rings. The van der Waals surface area contributed by atoms with E-state index in [-0.39, 0.29) is 11.6 Å². The molecule has 0 fully saturated rings. The van der Waals surface area contributed by atoms with Crippen LogP contribution in [0.15, 0.2) is 24.5 Å². The van der Waals surface area contributed by atoms with Crippen LogP contribution in [-0.2, 0) is 4.79 Å². The average molecular weight is 278 g/mol. The molecule has 0 bridgehead atoms. The maximum absolute atomic E-state index is 13.8. The SMILES string of the molecule is CNC(C)(C)C(=O)Nc1cc(-n2cnnn2)ccc1F. The Balaban J connectivity index is 2.28. The van der Waals surface area contributed by atoms with Gasteiger partial charge in [0.15, 0.2) is 0 Å². The van der Waals surface area contributed by atoms with Gasteiger partial charge in [-0.1, -0.05) is 0 Å². The molecule has 0 unspecified atom stereocenters. The molecule has 0 aliphatic rings. The summed E-state index contributed by atoms with van der Waals surface area (Å²) in [7, 11) is 1.66. The molecular formula is C12H15FN6O. The lowest BCUT2D eigenvalue weighted by molar-refractivity contribution is -0.121. The van der Waals surface area contributed by atoms with E-state index in [9.17, 15) is 9.18 Å². The van der Waals surface area contributed by atoms with Gasteiger partial charge in [-0.2, -0.15) is 0 Å². The number of tetrazole rings is 1. The number of halogens is 1. The number of rotatable bonds is 4. The minimum atomic E-state index is -0.808. The molecule has 1 amide bonds. The Labute approximate surface area is 115 Å². The van der Waals surface area contributed by atoms with Crippen molar-refractivity contribution in [2.24, 2.45) is 0 Å². The van der Waals surface area contributed by atoms with E-state index in [1.165, 1.54) is 29.2 Å². The van der Waals surface area contributed by atoms with Crippen LogP contribution in [0.1, 0.15) is 13.8 Å². The highest BCUT2D eigenvalue weighted by Crippen LogP contribution is 2.19. The molecule has 2 N–H and O–H groups in total. The highest BCUT2D eigenvalue weighted by atomic mass is 19.1. The molecule has 0 aliphatic heterocycles. The summed E-state index contributed by atoms with van der Waals surface area (Å²) in [6.45, 7) is 3.40. The smallest absolute Gasteiger partial charge is 0.244 e. The molecular weight excluding hydrogens is 263 g/mol. The number of benzene rings is 1. The fraction of sp³-hybridized carbons (Fsp3) is 0.333. The Hall–Kier alpha value is -2.35. The summed E-state index contributed by atoms with van der Waals surface area (Å²) in [5.41, 5.74) is -0.183. The molecule has 0 radical (unpaired) electrons. The second-order valence-electron chi connectivity index (χ2n) is 4.75. The van der Waals surface area contributed by atoms with E-state index in [2.05, 4.69) is 26.2 Å². The van der Waals surface area contributed by atoms with Crippen molar-refractivity contribution in [3.8, 4) is 5.69 Å². The minimum Gasteiger partial charge on any atom is -0.322 e. The number of carbonyl (C=O) groups excluding carboxylic acids is 1.